The van der Waals surface area contributed by atoms with Gasteiger partial charge in [-0.25, -0.2) is 0 Å². The maximum Gasteiger partial charge on any atom is 0.221 e. The zero-order valence-electron chi connectivity index (χ0n) is 9.31. The molecule has 3 heteroatoms. The van der Waals surface area contributed by atoms with Crippen LogP contribution in [0.15, 0.2) is 0 Å². The van der Waals surface area contributed by atoms with Crippen molar-refractivity contribution in [1.29, 1.82) is 0 Å². The largest absolute Gasteiger partial charge is 0.356 e. The molecule has 2 N–H and O–H groups in total. The Balaban J connectivity index is 1.93. The second kappa shape index (κ2) is 6.02. The summed E-state index contributed by atoms with van der Waals surface area (Å²) in [4.78, 5) is 11.1. The first-order valence-electron chi connectivity index (χ1n) is 5.78. The summed E-state index contributed by atoms with van der Waals surface area (Å²) in [6, 6.07) is 0.698. The third-order valence-corrected chi connectivity index (χ3v) is 2.71. The van der Waals surface area contributed by atoms with Crippen LogP contribution in [-0.4, -0.2) is 25.0 Å². The lowest BCUT2D eigenvalue weighted by atomic mass is 10.2. The molecule has 2 atom stereocenters. The van der Waals surface area contributed by atoms with E-state index in [1.54, 1.807) is 0 Å². The summed E-state index contributed by atoms with van der Waals surface area (Å²) in [5.74, 6) is 1.04. The van der Waals surface area contributed by atoms with Crippen molar-refractivity contribution in [3.63, 3.8) is 0 Å². The van der Waals surface area contributed by atoms with Crippen LogP contribution in [0.4, 0.5) is 0 Å². The van der Waals surface area contributed by atoms with Crippen molar-refractivity contribution in [2.45, 2.75) is 45.6 Å². The van der Waals surface area contributed by atoms with Crippen molar-refractivity contribution in [2.75, 3.05) is 13.1 Å². The third kappa shape index (κ3) is 4.09. The van der Waals surface area contributed by atoms with Crippen LogP contribution in [-0.2, 0) is 4.79 Å². The highest BCUT2D eigenvalue weighted by Gasteiger charge is 2.35. The predicted octanol–water partition coefficient (Wildman–Crippen LogP) is 1.29. The Morgan fingerprint density at radius 3 is 2.86 bits per heavy atom. The Kier molecular flexibility index (Phi) is 4.94. The SMILES string of the molecule is CCCC1CC1NCCC(=O)NCC. The second-order valence-corrected chi connectivity index (χ2v) is 4.05. The molecule has 0 radical (unpaired) electrons. The van der Waals surface area contributed by atoms with Gasteiger partial charge in [-0.3, -0.25) is 4.79 Å². The molecule has 1 fully saturated rings. The highest BCUT2D eigenvalue weighted by atomic mass is 16.1. The molecule has 2 unspecified atom stereocenters. The lowest BCUT2D eigenvalue weighted by molar-refractivity contribution is -0.120. The number of hydrogen-bond donors (Lipinski definition) is 2. The molecule has 1 aliphatic carbocycles. The Labute approximate surface area is 86.6 Å². The zero-order chi connectivity index (χ0) is 10.4. The van der Waals surface area contributed by atoms with Crippen molar-refractivity contribution in [3.8, 4) is 0 Å². The second-order valence-electron chi connectivity index (χ2n) is 4.05. The van der Waals surface area contributed by atoms with Gasteiger partial charge in [0, 0.05) is 25.6 Å². The van der Waals surface area contributed by atoms with Crippen molar-refractivity contribution in [1.82, 2.24) is 10.6 Å². The Morgan fingerprint density at radius 2 is 2.21 bits per heavy atom. The summed E-state index contributed by atoms with van der Waals surface area (Å²) < 4.78 is 0. The van der Waals surface area contributed by atoms with Crippen molar-refractivity contribution in [2.24, 2.45) is 5.92 Å². The average Bonchev–Trinajstić information content (AvgIpc) is 2.85. The maximum atomic E-state index is 11.1. The minimum Gasteiger partial charge on any atom is -0.356 e. The van der Waals surface area contributed by atoms with E-state index in [-0.39, 0.29) is 5.91 Å². The maximum absolute atomic E-state index is 11.1. The van der Waals surface area contributed by atoms with Gasteiger partial charge in [-0.05, 0) is 25.7 Å². The van der Waals surface area contributed by atoms with Gasteiger partial charge in [0.05, 0.1) is 0 Å². The van der Waals surface area contributed by atoms with Gasteiger partial charge in [0.1, 0.15) is 0 Å². The quantitative estimate of drug-likeness (QED) is 0.647. The van der Waals surface area contributed by atoms with E-state index in [1.165, 1.54) is 19.3 Å². The highest BCUT2D eigenvalue weighted by molar-refractivity contribution is 5.75. The smallest absolute Gasteiger partial charge is 0.221 e. The molecule has 3 nitrogen and oxygen atoms in total. The number of carbonyl (C=O) groups is 1. The van der Waals surface area contributed by atoms with E-state index in [9.17, 15) is 4.79 Å². The van der Waals surface area contributed by atoms with Gasteiger partial charge in [0.25, 0.3) is 0 Å². The van der Waals surface area contributed by atoms with Gasteiger partial charge in [-0.15, -0.1) is 0 Å². The van der Waals surface area contributed by atoms with E-state index in [0.29, 0.717) is 12.5 Å². The Bertz CT molecular complexity index is 182. The van der Waals surface area contributed by atoms with Gasteiger partial charge < -0.3 is 10.6 Å². The Morgan fingerprint density at radius 1 is 1.43 bits per heavy atom. The van der Waals surface area contributed by atoms with Crippen LogP contribution in [0.25, 0.3) is 0 Å². The summed E-state index contributed by atoms with van der Waals surface area (Å²) in [7, 11) is 0. The first-order valence-corrected chi connectivity index (χ1v) is 5.78. The van der Waals surface area contributed by atoms with Crippen molar-refractivity contribution in [3.05, 3.63) is 0 Å². The lowest BCUT2D eigenvalue weighted by Gasteiger charge is -2.03. The molecular formula is C11H22N2O. The molecule has 0 aromatic carbocycles. The summed E-state index contributed by atoms with van der Waals surface area (Å²) in [6.45, 7) is 5.74. The highest BCUT2D eigenvalue weighted by Crippen LogP contribution is 2.34. The van der Waals surface area contributed by atoms with E-state index in [2.05, 4.69) is 17.6 Å². The van der Waals surface area contributed by atoms with Gasteiger partial charge >= 0.3 is 0 Å². The fourth-order valence-electron chi connectivity index (χ4n) is 1.84. The molecule has 0 bridgehead atoms. The van der Waals surface area contributed by atoms with Gasteiger partial charge in [-0.2, -0.15) is 0 Å². The molecule has 0 aliphatic heterocycles. The summed E-state index contributed by atoms with van der Waals surface area (Å²) >= 11 is 0. The van der Waals surface area contributed by atoms with E-state index < -0.39 is 0 Å². The standard InChI is InChI=1S/C11H22N2O/c1-3-5-9-8-10(9)13-7-6-11(14)12-4-2/h9-10,13H,3-8H2,1-2H3,(H,12,14). The molecule has 1 amide bonds. The van der Waals surface area contributed by atoms with Crippen molar-refractivity contribution >= 4 is 5.91 Å². The van der Waals surface area contributed by atoms with Crippen LogP contribution in [0.5, 0.6) is 0 Å². The number of amides is 1. The molecule has 1 rings (SSSR count). The van der Waals surface area contributed by atoms with Crippen LogP contribution in [0, 0.1) is 5.92 Å². The summed E-state index contributed by atoms with van der Waals surface area (Å²) in [6.07, 6.45) is 4.53. The molecule has 1 saturated carbocycles. The molecule has 0 spiro atoms. The van der Waals surface area contributed by atoms with Gasteiger partial charge in [0.2, 0.25) is 5.91 Å². The van der Waals surface area contributed by atoms with Crippen LogP contribution in [0.1, 0.15) is 39.5 Å². The summed E-state index contributed by atoms with van der Waals surface area (Å²) in [5.41, 5.74) is 0. The lowest BCUT2D eigenvalue weighted by Crippen LogP contribution is -2.28. The minimum absolute atomic E-state index is 0.160. The fourth-order valence-corrected chi connectivity index (χ4v) is 1.84. The van der Waals surface area contributed by atoms with Crippen LogP contribution in [0.2, 0.25) is 0 Å². The molecule has 0 heterocycles. The first-order chi connectivity index (χ1) is 6.77. The monoisotopic (exact) mass is 198 g/mol. The van der Waals surface area contributed by atoms with E-state index >= 15 is 0 Å². The fraction of sp³-hybridized carbons (Fsp3) is 0.909. The van der Waals surface area contributed by atoms with Crippen LogP contribution in [0.3, 0.4) is 0 Å². The van der Waals surface area contributed by atoms with Gasteiger partial charge in [-0.1, -0.05) is 13.3 Å². The molecule has 14 heavy (non-hydrogen) atoms. The molecule has 0 aromatic rings. The average molecular weight is 198 g/mol. The number of rotatable bonds is 7. The topological polar surface area (TPSA) is 41.1 Å². The molecule has 0 aromatic heterocycles. The predicted molar refractivity (Wildman–Crippen MR) is 58.1 cm³/mol. The molecular weight excluding hydrogens is 176 g/mol. The Hall–Kier alpha value is -0.570. The molecule has 82 valence electrons. The molecule has 1 aliphatic rings. The van der Waals surface area contributed by atoms with Crippen LogP contribution < -0.4 is 10.6 Å². The van der Waals surface area contributed by atoms with E-state index in [4.69, 9.17) is 0 Å². The van der Waals surface area contributed by atoms with Crippen molar-refractivity contribution < 1.29 is 4.79 Å². The van der Waals surface area contributed by atoms with Crippen LogP contribution >= 0.6 is 0 Å². The van der Waals surface area contributed by atoms with E-state index in [1.807, 2.05) is 6.92 Å². The van der Waals surface area contributed by atoms with Gasteiger partial charge in [0.15, 0.2) is 0 Å². The number of hydrogen-bond acceptors (Lipinski definition) is 2. The first kappa shape index (κ1) is 11.5. The summed E-state index contributed by atoms with van der Waals surface area (Å²) in [5, 5.41) is 6.22. The number of carbonyl (C=O) groups excluding carboxylic acids is 1. The van der Waals surface area contributed by atoms with E-state index in [0.717, 1.165) is 19.0 Å². The minimum atomic E-state index is 0.160. The normalized spacial score (nSPS) is 24.7. The molecule has 0 saturated heterocycles. The zero-order valence-corrected chi connectivity index (χ0v) is 9.31. The number of nitrogens with one attached hydrogen (secondary N) is 2. The third-order valence-electron chi connectivity index (χ3n) is 2.71.